The highest BCUT2D eigenvalue weighted by Crippen LogP contribution is 2.32. The Morgan fingerprint density at radius 2 is 2.00 bits per heavy atom. The van der Waals surface area contributed by atoms with Crippen molar-refractivity contribution in [1.29, 1.82) is 0 Å². The smallest absolute Gasteiger partial charge is 0.277 e. The monoisotopic (exact) mass is 331 g/mol. The van der Waals surface area contributed by atoms with Crippen LogP contribution in [0.4, 0.5) is 0 Å². The Labute approximate surface area is 140 Å². The number of nitrogens with one attached hydrogen (secondary N) is 1. The maximum atomic E-state index is 11.9. The van der Waals surface area contributed by atoms with Crippen molar-refractivity contribution in [2.45, 2.75) is 44.9 Å². The molecule has 3 rings (SSSR count). The maximum absolute atomic E-state index is 11.9. The van der Waals surface area contributed by atoms with Gasteiger partial charge in [-0.05, 0) is 51.7 Å². The van der Waals surface area contributed by atoms with Gasteiger partial charge in [0, 0.05) is 11.6 Å². The molecule has 1 atom stereocenters. The zero-order chi connectivity index (χ0) is 16.4. The summed E-state index contributed by atoms with van der Waals surface area (Å²) in [6.07, 6.45) is 2.44. The summed E-state index contributed by atoms with van der Waals surface area (Å²) in [5.74, 6) is 1.46. The van der Waals surface area contributed by atoms with Crippen LogP contribution >= 0.6 is 11.8 Å². The van der Waals surface area contributed by atoms with Gasteiger partial charge < -0.3 is 9.73 Å². The molecule has 122 valence electrons. The van der Waals surface area contributed by atoms with Crippen molar-refractivity contribution in [3.8, 4) is 11.5 Å². The van der Waals surface area contributed by atoms with Crippen LogP contribution in [0.1, 0.15) is 30.9 Å². The molecule has 1 heterocycles. The second-order valence-corrected chi connectivity index (χ2v) is 7.16. The van der Waals surface area contributed by atoms with E-state index in [2.05, 4.69) is 28.5 Å². The van der Waals surface area contributed by atoms with Gasteiger partial charge in [-0.25, -0.2) is 0 Å². The zero-order valence-electron chi connectivity index (χ0n) is 13.6. The van der Waals surface area contributed by atoms with Gasteiger partial charge in [0.15, 0.2) is 0 Å². The Kier molecular flexibility index (Phi) is 4.71. The van der Waals surface area contributed by atoms with E-state index in [1.165, 1.54) is 24.6 Å². The van der Waals surface area contributed by atoms with Gasteiger partial charge in [0.2, 0.25) is 11.8 Å². The number of thioether (sulfide) groups is 1. The average molecular weight is 331 g/mol. The Morgan fingerprint density at radius 3 is 2.65 bits per heavy atom. The molecule has 0 unspecified atom stereocenters. The fraction of sp³-hybridized carbons (Fsp3) is 0.471. The summed E-state index contributed by atoms with van der Waals surface area (Å²) in [4.78, 5) is 11.9. The molecule has 1 aromatic carbocycles. The lowest BCUT2D eigenvalue weighted by molar-refractivity contribution is -0.119. The maximum Gasteiger partial charge on any atom is 0.277 e. The van der Waals surface area contributed by atoms with Gasteiger partial charge in [-0.3, -0.25) is 4.79 Å². The number of benzene rings is 1. The van der Waals surface area contributed by atoms with Crippen LogP contribution in [0.5, 0.6) is 0 Å². The Bertz CT molecular complexity index is 689. The third kappa shape index (κ3) is 4.34. The molecule has 6 heteroatoms. The number of rotatable bonds is 6. The van der Waals surface area contributed by atoms with Crippen LogP contribution in [0.3, 0.4) is 0 Å². The Balaban J connectivity index is 1.57. The van der Waals surface area contributed by atoms with Crippen molar-refractivity contribution in [3.05, 3.63) is 29.3 Å². The highest BCUT2D eigenvalue weighted by atomic mass is 32.2. The molecule has 23 heavy (non-hydrogen) atoms. The first kappa shape index (κ1) is 16.1. The van der Waals surface area contributed by atoms with Crippen molar-refractivity contribution >= 4 is 17.7 Å². The van der Waals surface area contributed by atoms with Gasteiger partial charge in [-0.1, -0.05) is 29.0 Å². The largest absolute Gasteiger partial charge is 0.411 e. The topological polar surface area (TPSA) is 68.0 Å². The average Bonchev–Trinajstić information content (AvgIpc) is 3.23. The molecule has 1 aliphatic carbocycles. The van der Waals surface area contributed by atoms with E-state index in [-0.39, 0.29) is 11.9 Å². The number of carbonyl (C=O) groups excluding carboxylic acids is 1. The molecule has 1 amide bonds. The molecule has 1 saturated carbocycles. The molecule has 1 aliphatic rings. The first-order valence-electron chi connectivity index (χ1n) is 7.85. The minimum Gasteiger partial charge on any atom is -0.411 e. The fourth-order valence-corrected chi connectivity index (χ4v) is 3.19. The van der Waals surface area contributed by atoms with Crippen LogP contribution < -0.4 is 5.32 Å². The van der Waals surface area contributed by atoms with E-state index in [1.807, 2.05) is 26.0 Å². The SMILES string of the molecule is Cc1cc(C)cc(-c2nnc(SCC(=O)N[C@@H](C)C3CC3)o2)c1. The van der Waals surface area contributed by atoms with Gasteiger partial charge in [-0.15, -0.1) is 10.2 Å². The van der Waals surface area contributed by atoms with Gasteiger partial charge >= 0.3 is 0 Å². The lowest BCUT2D eigenvalue weighted by Crippen LogP contribution is -2.35. The molecule has 2 aromatic rings. The lowest BCUT2D eigenvalue weighted by Gasteiger charge is -2.11. The van der Waals surface area contributed by atoms with E-state index >= 15 is 0 Å². The van der Waals surface area contributed by atoms with E-state index < -0.39 is 0 Å². The highest BCUT2D eigenvalue weighted by Gasteiger charge is 2.28. The number of carbonyl (C=O) groups is 1. The molecular formula is C17H21N3O2S. The number of hydrogen-bond acceptors (Lipinski definition) is 5. The van der Waals surface area contributed by atoms with Crippen molar-refractivity contribution in [1.82, 2.24) is 15.5 Å². The number of nitrogens with zero attached hydrogens (tertiary/aromatic N) is 2. The molecule has 1 N–H and O–H groups in total. The number of amides is 1. The molecule has 0 aliphatic heterocycles. The molecule has 5 nitrogen and oxygen atoms in total. The van der Waals surface area contributed by atoms with Gasteiger partial charge in [0.25, 0.3) is 5.22 Å². The third-order valence-corrected chi connectivity index (χ3v) is 4.74. The molecule has 0 bridgehead atoms. The van der Waals surface area contributed by atoms with E-state index in [0.29, 0.717) is 22.8 Å². The number of aromatic nitrogens is 2. The second-order valence-electron chi connectivity index (χ2n) is 6.23. The summed E-state index contributed by atoms with van der Waals surface area (Å²) in [5.41, 5.74) is 3.22. The van der Waals surface area contributed by atoms with Crippen LogP contribution in [0.25, 0.3) is 11.5 Å². The summed E-state index contributed by atoms with van der Waals surface area (Å²) >= 11 is 1.27. The lowest BCUT2D eigenvalue weighted by atomic mass is 10.1. The second kappa shape index (κ2) is 6.74. The summed E-state index contributed by atoms with van der Waals surface area (Å²) in [7, 11) is 0. The van der Waals surface area contributed by atoms with Crippen LogP contribution in [0, 0.1) is 19.8 Å². The molecule has 0 radical (unpaired) electrons. The summed E-state index contributed by atoms with van der Waals surface area (Å²) in [6, 6.07) is 6.38. The van der Waals surface area contributed by atoms with Crippen molar-refractivity contribution in [3.63, 3.8) is 0 Å². The molecule has 1 aromatic heterocycles. The summed E-state index contributed by atoms with van der Waals surface area (Å²) in [5, 5.41) is 11.5. The summed E-state index contributed by atoms with van der Waals surface area (Å²) < 4.78 is 5.66. The van der Waals surface area contributed by atoms with Crippen molar-refractivity contribution < 1.29 is 9.21 Å². The standard InChI is InChI=1S/C17H21N3O2S/c1-10-6-11(2)8-14(7-10)16-19-20-17(22-16)23-9-15(21)18-12(3)13-4-5-13/h6-8,12-13H,4-5,9H2,1-3H3,(H,18,21)/t12-/m0/s1. The van der Waals surface area contributed by atoms with Gasteiger partial charge in [0.05, 0.1) is 5.75 Å². The molecular weight excluding hydrogens is 310 g/mol. The van der Waals surface area contributed by atoms with Crippen molar-refractivity contribution in [2.75, 3.05) is 5.75 Å². The van der Waals surface area contributed by atoms with Crippen LogP contribution in [-0.4, -0.2) is 27.9 Å². The Hall–Kier alpha value is -1.82. The fourth-order valence-electron chi connectivity index (χ4n) is 2.62. The van der Waals surface area contributed by atoms with E-state index in [1.54, 1.807) is 0 Å². The predicted octanol–water partition coefficient (Wildman–Crippen LogP) is 3.36. The zero-order valence-corrected chi connectivity index (χ0v) is 14.4. The summed E-state index contributed by atoms with van der Waals surface area (Å²) in [6.45, 7) is 6.13. The van der Waals surface area contributed by atoms with Crippen molar-refractivity contribution in [2.24, 2.45) is 5.92 Å². The first-order chi connectivity index (χ1) is 11.0. The Morgan fingerprint density at radius 1 is 1.30 bits per heavy atom. The van der Waals surface area contributed by atoms with Gasteiger partial charge in [-0.2, -0.15) is 0 Å². The minimum atomic E-state index is 0.0144. The van der Waals surface area contributed by atoms with Crippen LogP contribution in [-0.2, 0) is 4.79 Å². The van der Waals surface area contributed by atoms with E-state index in [9.17, 15) is 4.79 Å². The van der Waals surface area contributed by atoms with E-state index in [0.717, 1.165) is 16.7 Å². The minimum absolute atomic E-state index is 0.0144. The normalized spacial score (nSPS) is 15.4. The molecule has 1 fully saturated rings. The highest BCUT2D eigenvalue weighted by molar-refractivity contribution is 7.99. The predicted molar refractivity (Wildman–Crippen MR) is 90.3 cm³/mol. The van der Waals surface area contributed by atoms with Crippen LogP contribution in [0.2, 0.25) is 0 Å². The first-order valence-corrected chi connectivity index (χ1v) is 8.84. The van der Waals surface area contributed by atoms with E-state index in [4.69, 9.17) is 4.42 Å². The van der Waals surface area contributed by atoms with Gasteiger partial charge in [0.1, 0.15) is 0 Å². The van der Waals surface area contributed by atoms with Crippen LogP contribution in [0.15, 0.2) is 27.8 Å². The number of aryl methyl sites for hydroxylation is 2. The molecule has 0 spiro atoms. The quantitative estimate of drug-likeness (QED) is 0.822. The number of hydrogen-bond donors (Lipinski definition) is 1. The molecule has 0 saturated heterocycles. The third-order valence-electron chi connectivity index (χ3n) is 3.92.